The molecular formula is C17H24ClN3. The highest BCUT2D eigenvalue weighted by Crippen LogP contribution is 2.34. The molecule has 0 aromatic carbocycles. The van der Waals surface area contributed by atoms with Crippen molar-refractivity contribution < 1.29 is 0 Å². The lowest BCUT2D eigenvalue weighted by Gasteiger charge is -2.24. The third-order valence-electron chi connectivity index (χ3n) is 4.60. The Labute approximate surface area is 131 Å². The normalized spacial score (nSPS) is 19.4. The summed E-state index contributed by atoms with van der Waals surface area (Å²) in [5, 5.41) is -0.0796. The van der Waals surface area contributed by atoms with Crippen LogP contribution in [0.1, 0.15) is 74.7 Å². The van der Waals surface area contributed by atoms with E-state index in [1.54, 1.807) is 0 Å². The number of rotatable bonds is 2. The third-order valence-corrected chi connectivity index (χ3v) is 4.80. The largest absolute Gasteiger partial charge is 0.308 e. The summed E-state index contributed by atoms with van der Waals surface area (Å²) in [5.41, 5.74) is 3.22. The monoisotopic (exact) mass is 305 g/mol. The highest BCUT2D eigenvalue weighted by Gasteiger charge is 2.23. The van der Waals surface area contributed by atoms with Gasteiger partial charge in [-0.3, -0.25) is 0 Å². The van der Waals surface area contributed by atoms with E-state index in [9.17, 15) is 0 Å². The molecule has 21 heavy (non-hydrogen) atoms. The minimum atomic E-state index is -0.0796. The number of aryl methyl sites for hydroxylation is 1. The van der Waals surface area contributed by atoms with Crippen LogP contribution in [0.25, 0.3) is 11.2 Å². The van der Waals surface area contributed by atoms with Crippen molar-refractivity contribution in [2.75, 3.05) is 0 Å². The number of alkyl halides is 1. The van der Waals surface area contributed by atoms with Crippen LogP contribution in [0, 0.1) is 6.92 Å². The van der Waals surface area contributed by atoms with E-state index in [0.717, 1.165) is 17.0 Å². The van der Waals surface area contributed by atoms with Crippen molar-refractivity contribution in [3.8, 4) is 0 Å². The number of hydrogen-bond acceptors (Lipinski definition) is 2. The van der Waals surface area contributed by atoms with Crippen molar-refractivity contribution in [2.24, 2.45) is 0 Å². The average molecular weight is 306 g/mol. The standard InChI is InChI=1S/C17H24ClN3/c1-12-10-11-19-17-15(12)20-16(13(2)18)21(17)14-8-6-4-3-5-7-9-14/h10-11,13-14H,3-9H2,1-2H3. The molecule has 114 valence electrons. The molecule has 2 aromatic heterocycles. The van der Waals surface area contributed by atoms with Gasteiger partial charge < -0.3 is 4.57 Å². The van der Waals surface area contributed by atoms with Crippen LogP contribution in [0.5, 0.6) is 0 Å². The fourth-order valence-electron chi connectivity index (χ4n) is 3.46. The van der Waals surface area contributed by atoms with E-state index in [1.165, 1.54) is 50.5 Å². The number of halogens is 1. The number of pyridine rings is 1. The maximum Gasteiger partial charge on any atom is 0.160 e. The van der Waals surface area contributed by atoms with Gasteiger partial charge in [-0.25, -0.2) is 9.97 Å². The Balaban J connectivity index is 2.09. The molecule has 1 fully saturated rings. The minimum absolute atomic E-state index is 0.0796. The van der Waals surface area contributed by atoms with Crippen LogP contribution < -0.4 is 0 Å². The molecule has 0 amide bonds. The van der Waals surface area contributed by atoms with E-state index < -0.39 is 0 Å². The van der Waals surface area contributed by atoms with Gasteiger partial charge in [-0.1, -0.05) is 32.1 Å². The van der Waals surface area contributed by atoms with Gasteiger partial charge in [0.05, 0.1) is 5.38 Å². The molecule has 1 aliphatic carbocycles. The van der Waals surface area contributed by atoms with Crippen LogP contribution >= 0.6 is 11.6 Å². The molecule has 0 spiro atoms. The second-order valence-corrected chi connectivity index (χ2v) is 6.91. The Morgan fingerprint density at radius 1 is 1.19 bits per heavy atom. The van der Waals surface area contributed by atoms with Crippen molar-refractivity contribution in [2.45, 2.75) is 70.2 Å². The van der Waals surface area contributed by atoms with Crippen LogP contribution in [-0.2, 0) is 0 Å². The number of imidazole rings is 1. The summed E-state index contributed by atoms with van der Waals surface area (Å²) in [6.07, 6.45) is 11.0. The van der Waals surface area contributed by atoms with Crippen LogP contribution in [0.3, 0.4) is 0 Å². The highest BCUT2D eigenvalue weighted by atomic mass is 35.5. The summed E-state index contributed by atoms with van der Waals surface area (Å²) < 4.78 is 2.34. The predicted molar refractivity (Wildman–Crippen MR) is 87.9 cm³/mol. The number of aromatic nitrogens is 3. The molecule has 0 radical (unpaired) electrons. The summed E-state index contributed by atoms with van der Waals surface area (Å²) >= 11 is 6.41. The molecule has 0 saturated heterocycles. The maximum absolute atomic E-state index is 6.41. The van der Waals surface area contributed by atoms with E-state index >= 15 is 0 Å². The van der Waals surface area contributed by atoms with Crippen molar-refractivity contribution in [3.63, 3.8) is 0 Å². The lowest BCUT2D eigenvalue weighted by molar-refractivity contribution is 0.369. The Kier molecular flexibility index (Phi) is 4.48. The first-order valence-corrected chi connectivity index (χ1v) is 8.59. The molecule has 3 nitrogen and oxygen atoms in total. The van der Waals surface area contributed by atoms with E-state index in [0.29, 0.717) is 6.04 Å². The van der Waals surface area contributed by atoms with Gasteiger partial charge in [0, 0.05) is 12.2 Å². The lowest BCUT2D eigenvalue weighted by atomic mass is 9.96. The number of nitrogens with zero attached hydrogens (tertiary/aromatic N) is 3. The van der Waals surface area contributed by atoms with Crippen LogP contribution in [-0.4, -0.2) is 14.5 Å². The van der Waals surface area contributed by atoms with Gasteiger partial charge in [-0.2, -0.15) is 0 Å². The molecule has 4 heteroatoms. The van der Waals surface area contributed by atoms with Crippen molar-refractivity contribution in [1.29, 1.82) is 0 Å². The zero-order valence-corrected chi connectivity index (χ0v) is 13.7. The summed E-state index contributed by atoms with van der Waals surface area (Å²) in [6, 6.07) is 2.53. The molecule has 2 aromatic rings. The molecule has 1 unspecified atom stereocenters. The predicted octanol–water partition coefficient (Wildman–Crippen LogP) is 5.32. The molecule has 3 rings (SSSR count). The summed E-state index contributed by atoms with van der Waals surface area (Å²) in [4.78, 5) is 9.43. The zero-order valence-electron chi connectivity index (χ0n) is 13.0. The first-order chi connectivity index (χ1) is 10.2. The fourth-order valence-corrected chi connectivity index (χ4v) is 3.61. The van der Waals surface area contributed by atoms with E-state index in [2.05, 4.69) is 16.5 Å². The maximum atomic E-state index is 6.41. The molecule has 1 atom stereocenters. The molecule has 1 saturated carbocycles. The first-order valence-electron chi connectivity index (χ1n) is 8.16. The topological polar surface area (TPSA) is 30.7 Å². The fraction of sp³-hybridized carbons (Fsp3) is 0.647. The van der Waals surface area contributed by atoms with Gasteiger partial charge >= 0.3 is 0 Å². The second-order valence-electron chi connectivity index (χ2n) is 6.26. The second kappa shape index (κ2) is 6.35. The molecule has 0 aliphatic heterocycles. The van der Waals surface area contributed by atoms with Gasteiger partial charge in [-0.15, -0.1) is 11.6 Å². The summed E-state index contributed by atoms with van der Waals surface area (Å²) in [7, 11) is 0. The van der Waals surface area contributed by atoms with Crippen molar-refractivity contribution in [3.05, 3.63) is 23.7 Å². The Morgan fingerprint density at radius 2 is 1.86 bits per heavy atom. The Bertz CT molecular complexity index is 610. The molecule has 2 heterocycles. The third kappa shape index (κ3) is 2.94. The smallest absolute Gasteiger partial charge is 0.160 e. The number of hydrogen-bond donors (Lipinski definition) is 0. The zero-order chi connectivity index (χ0) is 14.8. The first kappa shape index (κ1) is 14.8. The van der Waals surface area contributed by atoms with Gasteiger partial charge in [0.1, 0.15) is 11.3 Å². The van der Waals surface area contributed by atoms with Crippen LogP contribution in [0.15, 0.2) is 12.3 Å². The van der Waals surface area contributed by atoms with Gasteiger partial charge in [0.2, 0.25) is 0 Å². The van der Waals surface area contributed by atoms with Crippen molar-refractivity contribution in [1.82, 2.24) is 14.5 Å². The Morgan fingerprint density at radius 3 is 2.52 bits per heavy atom. The lowest BCUT2D eigenvalue weighted by Crippen LogP contribution is -2.15. The van der Waals surface area contributed by atoms with Gasteiger partial charge in [-0.05, 0) is 38.3 Å². The Hall–Kier alpha value is -1.09. The summed E-state index contributed by atoms with van der Waals surface area (Å²) in [6.45, 7) is 4.11. The minimum Gasteiger partial charge on any atom is -0.308 e. The van der Waals surface area contributed by atoms with Crippen molar-refractivity contribution >= 4 is 22.8 Å². The van der Waals surface area contributed by atoms with Crippen LogP contribution in [0.4, 0.5) is 0 Å². The molecular weight excluding hydrogens is 282 g/mol. The molecule has 1 aliphatic rings. The van der Waals surface area contributed by atoms with E-state index in [4.69, 9.17) is 16.6 Å². The quantitative estimate of drug-likeness (QED) is 0.702. The van der Waals surface area contributed by atoms with E-state index in [1.807, 2.05) is 19.2 Å². The average Bonchev–Trinajstić information content (AvgIpc) is 2.80. The highest BCUT2D eigenvalue weighted by molar-refractivity contribution is 6.20. The summed E-state index contributed by atoms with van der Waals surface area (Å²) in [5.74, 6) is 0.985. The molecule has 0 N–H and O–H groups in total. The van der Waals surface area contributed by atoms with Gasteiger partial charge in [0.15, 0.2) is 5.65 Å². The van der Waals surface area contributed by atoms with Gasteiger partial charge in [0.25, 0.3) is 0 Å². The van der Waals surface area contributed by atoms with E-state index in [-0.39, 0.29) is 5.38 Å². The number of fused-ring (bicyclic) bond motifs is 1. The molecule has 0 bridgehead atoms. The SMILES string of the molecule is Cc1ccnc2c1nc(C(C)Cl)n2C1CCCCCCC1. The van der Waals surface area contributed by atoms with Crippen LogP contribution in [0.2, 0.25) is 0 Å².